The molecule has 1 atom stereocenters. The van der Waals surface area contributed by atoms with Crippen LogP contribution in [0.1, 0.15) is 11.1 Å². The maximum absolute atomic E-state index is 6.14. The fraction of sp³-hybridized carbons (Fsp3) is 0.231. The van der Waals surface area contributed by atoms with E-state index in [2.05, 4.69) is 51.0 Å². The van der Waals surface area contributed by atoms with Crippen LogP contribution in [0.2, 0.25) is 0 Å². The number of hydrogen-bond donors (Lipinski definition) is 1. The molecule has 2 rings (SSSR count). The Morgan fingerprint density at radius 3 is 2.69 bits per heavy atom. The first-order chi connectivity index (χ1) is 7.74. The summed E-state index contributed by atoms with van der Waals surface area (Å²) in [6, 6.07) is 10.7. The third-order valence-corrected chi connectivity index (χ3v) is 3.69. The van der Waals surface area contributed by atoms with Gasteiger partial charge in [0.05, 0.1) is 0 Å². The van der Waals surface area contributed by atoms with Crippen molar-refractivity contribution in [1.29, 1.82) is 0 Å². The van der Waals surface area contributed by atoms with Gasteiger partial charge in [0.15, 0.2) is 0 Å². The molecule has 0 fully saturated rings. The average Bonchev–Trinajstić information content (AvgIpc) is 2.70. The van der Waals surface area contributed by atoms with Crippen molar-refractivity contribution in [3.8, 4) is 0 Å². The highest BCUT2D eigenvalue weighted by molar-refractivity contribution is 9.10. The molecule has 0 bridgehead atoms. The molecule has 0 aliphatic rings. The zero-order valence-corrected chi connectivity index (χ0v) is 11.3. The molecule has 84 valence electrons. The highest BCUT2D eigenvalue weighted by Crippen LogP contribution is 2.14. The van der Waals surface area contributed by atoms with Gasteiger partial charge in [-0.25, -0.2) is 0 Å². The third kappa shape index (κ3) is 3.44. The van der Waals surface area contributed by atoms with Gasteiger partial charge in [0.1, 0.15) is 0 Å². The van der Waals surface area contributed by atoms with Crippen molar-refractivity contribution in [2.24, 2.45) is 5.73 Å². The summed E-state index contributed by atoms with van der Waals surface area (Å²) in [5, 5.41) is 4.27. The van der Waals surface area contributed by atoms with E-state index in [0.717, 1.165) is 17.3 Å². The largest absolute Gasteiger partial charge is 0.327 e. The molecule has 2 aromatic rings. The van der Waals surface area contributed by atoms with Crippen molar-refractivity contribution >= 4 is 27.3 Å². The highest BCUT2D eigenvalue weighted by Gasteiger charge is 2.06. The summed E-state index contributed by atoms with van der Waals surface area (Å²) in [7, 11) is 0. The molecule has 2 N–H and O–H groups in total. The van der Waals surface area contributed by atoms with Crippen LogP contribution in [-0.4, -0.2) is 6.04 Å². The van der Waals surface area contributed by atoms with Gasteiger partial charge in [-0.05, 0) is 52.9 Å². The van der Waals surface area contributed by atoms with Crippen molar-refractivity contribution in [1.82, 2.24) is 0 Å². The van der Waals surface area contributed by atoms with E-state index in [4.69, 9.17) is 5.73 Å². The Bertz CT molecular complexity index is 439. The number of nitrogens with two attached hydrogens (primary N) is 1. The first kappa shape index (κ1) is 11.8. The molecule has 1 unspecified atom stereocenters. The van der Waals surface area contributed by atoms with Crippen LogP contribution in [0.3, 0.4) is 0 Å². The molecule has 16 heavy (non-hydrogen) atoms. The zero-order valence-electron chi connectivity index (χ0n) is 8.90. The van der Waals surface area contributed by atoms with E-state index in [0.29, 0.717) is 0 Å². The second-order valence-corrected chi connectivity index (χ2v) is 5.63. The van der Waals surface area contributed by atoms with Gasteiger partial charge in [-0.1, -0.05) is 28.1 Å². The first-order valence-corrected chi connectivity index (χ1v) is 6.99. The normalized spacial score (nSPS) is 12.6. The molecule has 0 saturated carbocycles. The summed E-state index contributed by atoms with van der Waals surface area (Å²) in [6.07, 6.45) is 1.88. The molecular formula is C13H14BrNS. The van der Waals surface area contributed by atoms with Crippen molar-refractivity contribution in [2.75, 3.05) is 0 Å². The lowest BCUT2D eigenvalue weighted by molar-refractivity contribution is 0.666. The average molecular weight is 296 g/mol. The van der Waals surface area contributed by atoms with Crippen LogP contribution < -0.4 is 5.73 Å². The van der Waals surface area contributed by atoms with Gasteiger partial charge in [0, 0.05) is 10.5 Å². The Morgan fingerprint density at radius 1 is 1.19 bits per heavy atom. The monoisotopic (exact) mass is 295 g/mol. The van der Waals surface area contributed by atoms with Crippen LogP contribution in [0, 0.1) is 0 Å². The number of hydrogen-bond acceptors (Lipinski definition) is 2. The summed E-state index contributed by atoms with van der Waals surface area (Å²) in [5.74, 6) is 0. The van der Waals surface area contributed by atoms with Crippen molar-refractivity contribution in [3.05, 3.63) is 56.7 Å². The fourth-order valence-corrected chi connectivity index (χ4v) is 2.88. The number of rotatable bonds is 4. The van der Waals surface area contributed by atoms with Gasteiger partial charge in [-0.15, -0.1) is 0 Å². The van der Waals surface area contributed by atoms with E-state index in [9.17, 15) is 0 Å². The van der Waals surface area contributed by atoms with Crippen LogP contribution >= 0.6 is 27.3 Å². The Kier molecular flexibility index (Phi) is 4.16. The van der Waals surface area contributed by atoms with Crippen molar-refractivity contribution < 1.29 is 0 Å². The molecule has 3 heteroatoms. The predicted molar refractivity (Wildman–Crippen MR) is 73.8 cm³/mol. The maximum atomic E-state index is 6.14. The van der Waals surface area contributed by atoms with Gasteiger partial charge in [0.25, 0.3) is 0 Å². The Labute approximate surface area is 108 Å². The number of halogens is 1. The summed E-state index contributed by atoms with van der Waals surface area (Å²) < 4.78 is 1.12. The lowest BCUT2D eigenvalue weighted by atomic mass is 10.0. The summed E-state index contributed by atoms with van der Waals surface area (Å²) in [5.41, 5.74) is 8.77. The van der Waals surface area contributed by atoms with Crippen LogP contribution in [0.15, 0.2) is 45.6 Å². The van der Waals surface area contributed by atoms with E-state index < -0.39 is 0 Å². The van der Waals surface area contributed by atoms with E-state index in [1.54, 1.807) is 11.3 Å². The molecule has 0 saturated heterocycles. The summed E-state index contributed by atoms with van der Waals surface area (Å²) >= 11 is 5.20. The smallest absolute Gasteiger partial charge is 0.0178 e. The molecule has 1 aromatic carbocycles. The first-order valence-electron chi connectivity index (χ1n) is 5.25. The maximum Gasteiger partial charge on any atom is 0.0178 e. The summed E-state index contributed by atoms with van der Waals surface area (Å²) in [4.78, 5) is 0. The van der Waals surface area contributed by atoms with E-state index in [-0.39, 0.29) is 6.04 Å². The van der Waals surface area contributed by atoms with Crippen LogP contribution in [0.25, 0.3) is 0 Å². The second kappa shape index (κ2) is 5.62. The number of thiophene rings is 1. The van der Waals surface area contributed by atoms with Gasteiger partial charge >= 0.3 is 0 Å². The Hall–Kier alpha value is -0.640. The van der Waals surface area contributed by atoms with Crippen LogP contribution in [0.4, 0.5) is 0 Å². The standard InChI is InChI=1S/C13H14BrNS/c14-12-3-1-2-10(6-12)7-13(15)8-11-4-5-16-9-11/h1-6,9,13H,7-8,15H2. The van der Waals surface area contributed by atoms with E-state index >= 15 is 0 Å². The van der Waals surface area contributed by atoms with Crippen LogP contribution in [0.5, 0.6) is 0 Å². The molecular weight excluding hydrogens is 282 g/mol. The van der Waals surface area contributed by atoms with Crippen molar-refractivity contribution in [2.45, 2.75) is 18.9 Å². The van der Waals surface area contributed by atoms with Crippen molar-refractivity contribution in [3.63, 3.8) is 0 Å². The molecule has 0 amide bonds. The second-order valence-electron chi connectivity index (χ2n) is 3.93. The van der Waals surface area contributed by atoms with E-state index in [1.807, 2.05) is 6.07 Å². The third-order valence-electron chi connectivity index (χ3n) is 2.46. The molecule has 1 nitrogen and oxygen atoms in total. The zero-order chi connectivity index (χ0) is 11.4. The minimum atomic E-state index is 0.198. The SMILES string of the molecule is NC(Cc1ccsc1)Cc1cccc(Br)c1. The molecule has 0 aliphatic carbocycles. The number of benzene rings is 1. The topological polar surface area (TPSA) is 26.0 Å². The Morgan fingerprint density at radius 2 is 2.00 bits per heavy atom. The minimum absolute atomic E-state index is 0.198. The fourth-order valence-electron chi connectivity index (χ4n) is 1.75. The van der Waals surface area contributed by atoms with Crippen LogP contribution in [-0.2, 0) is 12.8 Å². The van der Waals surface area contributed by atoms with Gasteiger partial charge < -0.3 is 5.73 Å². The molecule has 1 aromatic heterocycles. The Balaban J connectivity index is 1.94. The summed E-state index contributed by atoms with van der Waals surface area (Å²) in [6.45, 7) is 0. The molecule has 0 radical (unpaired) electrons. The molecule has 0 aliphatic heterocycles. The van der Waals surface area contributed by atoms with Gasteiger partial charge in [-0.2, -0.15) is 11.3 Å². The van der Waals surface area contributed by atoms with Gasteiger partial charge in [-0.3, -0.25) is 0 Å². The molecule has 0 spiro atoms. The predicted octanol–water partition coefficient (Wildman–Crippen LogP) is 3.62. The van der Waals surface area contributed by atoms with Gasteiger partial charge in [0.2, 0.25) is 0 Å². The highest BCUT2D eigenvalue weighted by atomic mass is 79.9. The minimum Gasteiger partial charge on any atom is -0.327 e. The molecule has 1 heterocycles. The lowest BCUT2D eigenvalue weighted by Gasteiger charge is -2.10. The quantitative estimate of drug-likeness (QED) is 0.916. The van der Waals surface area contributed by atoms with E-state index in [1.165, 1.54) is 11.1 Å². The lowest BCUT2D eigenvalue weighted by Crippen LogP contribution is -2.25.